The van der Waals surface area contributed by atoms with E-state index in [1.54, 1.807) is 0 Å². The van der Waals surface area contributed by atoms with Gasteiger partial charge in [-0.2, -0.15) is 0 Å². The van der Waals surface area contributed by atoms with Crippen molar-refractivity contribution in [1.29, 1.82) is 0 Å². The first-order valence-corrected chi connectivity index (χ1v) is 20.7. The van der Waals surface area contributed by atoms with Gasteiger partial charge in [-0.3, -0.25) is 4.57 Å². The lowest BCUT2D eigenvalue weighted by Crippen LogP contribution is -2.10. The summed E-state index contributed by atoms with van der Waals surface area (Å²) < 4.78 is 4.61. The Morgan fingerprint density at radius 2 is 0.850 bits per heavy atom. The van der Waals surface area contributed by atoms with Crippen molar-refractivity contribution in [1.82, 2.24) is 19.1 Å². The van der Waals surface area contributed by atoms with Crippen molar-refractivity contribution < 1.29 is 0 Å². The van der Waals surface area contributed by atoms with Gasteiger partial charge in [0.2, 0.25) is 5.95 Å². The molecule has 0 aliphatic rings. The van der Waals surface area contributed by atoms with Gasteiger partial charge < -0.3 is 4.57 Å². The van der Waals surface area contributed by atoms with Crippen LogP contribution in [0.25, 0.3) is 110 Å². The van der Waals surface area contributed by atoms with Crippen LogP contribution in [0.5, 0.6) is 0 Å². The molecule has 0 aliphatic heterocycles. The Labute approximate surface area is 347 Å². The first-order chi connectivity index (χ1) is 29.4. The second-order valence-electron chi connectivity index (χ2n) is 17.1. The number of benzene rings is 9. The van der Waals surface area contributed by atoms with Gasteiger partial charge in [-0.25, -0.2) is 9.97 Å². The average molecular weight is 769 g/mol. The van der Waals surface area contributed by atoms with Gasteiger partial charge in [-0.1, -0.05) is 136 Å². The highest BCUT2D eigenvalue weighted by molar-refractivity contribution is 6.25. The fraction of sp³-hybridized carbons (Fsp3) is 0.0714. The molecule has 9 aromatic carbocycles. The maximum absolute atomic E-state index is 5.33. The zero-order valence-corrected chi connectivity index (χ0v) is 33.7. The third-order valence-corrected chi connectivity index (χ3v) is 12.5. The highest BCUT2D eigenvalue weighted by Gasteiger charge is 2.21. The van der Waals surface area contributed by atoms with Crippen LogP contribution in [0.15, 0.2) is 188 Å². The van der Waals surface area contributed by atoms with Gasteiger partial charge in [0.25, 0.3) is 0 Å². The quantitative estimate of drug-likeness (QED) is 0.167. The second-order valence-corrected chi connectivity index (χ2v) is 17.1. The van der Waals surface area contributed by atoms with Crippen LogP contribution in [-0.4, -0.2) is 19.1 Å². The number of rotatable bonds is 4. The highest BCUT2D eigenvalue weighted by atomic mass is 15.2. The summed E-state index contributed by atoms with van der Waals surface area (Å²) in [5.41, 5.74) is 11.3. The molecule has 4 nitrogen and oxygen atoms in total. The summed E-state index contributed by atoms with van der Waals surface area (Å²) >= 11 is 0. The molecule has 0 atom stereocenters. The van der Waals surface area contributed by atoms with Crippen molar-refractivity contribution in [3.8, 4) is 34.0 Å². The minimum Gasteiger partial charge on any atom is -0.309 e. The summed E-state index contributed by atoms with van der Waals surface area (Å²) in [4.78, 5) is 10.3. The van der Waals surface area contributed by atoms with Crippen molar-refractivity contribution in [3.05, 3.63) is 194 Å². The standard InChI is InChI=1S/C56H40N4/c1-56(2,3)38-24-28-54-49(34-38)48-32-36(35-22-26-52-47(31-35)45-19-11-12-20-51(45)59(52)39-13-5-4-6-14-39)23-27-53(48)60(54)55-57-30-29-50(58-55)37-21-25-44-42-17-8-7-15-40(42)41-16-9-10-18-43(41)46(44)33-37/h4-34H,1-3H3. The Bertz CT molecular complexity index is 3660. The minimum absolute atomic E-state index is 0.0137. The number of nitrogens with zero attached hydrogens (tertiary/aromatic N) is 4. The van der Waals surface area contributed by atoms with Crippen molar-refractivity contribution >= 4 is 75.9 Å². The van der Waals surface area contributed by atoms with Crippen LogP contribution >= 0.6 is 0 Å². The average Bonchev–Trinajstić information content (AvgIpc) is 3.81. The molecule has 60 heavy (non-hydrogen) atoms. The monoisotopic (exact) mass is 768 g/mol. The lowest BCUT2D eigenvalue weighted by atomic mass is 9.86. The molecule has 0 radical (unpaired) electrons. The molecule has 0 aliphatic carbocycles. The first-order valence-electron chi connectivity index (χ1n) is 20.7. The van der Waals surface area contributed by atoms with Gasteiger partial charge in [0.15, 0.2) is 0 Å². The Kier molecular flexibility index (Phi) is 7.45. The van der Waals surface area contributed by atoms with E-state index in [-0.39, 0.29) is 5.41 Å². The number of aromatic nitrogens is 4. The van der Waals surface area contributed by atoms with E-state index < -0.39 is 0 Å². The van der Waals surface area contributed by atoms with Crippen LogP contribution in [0.4, 0.5) is 0 Å². The van der Waals surface area contributed by atoms with E-state index in [1.807, 2.05) is 12.3 Å². The highest BCUT2D eigenvalue weighted by Crippen LogP contribution is 2.41. The number of para-hydroxylation sites is 2. The van der Waals surface area contributed by atoms with Crippen LogP contribution in [0.2, 0.25) is 0 Å². The zero-order chi connectivity index (χ0) is 40.1. The van der Waals surface area contributed by atoms with Gasteiger partial charge in [-0.15, -0.1) is 0 Å². The molecule has 0 fully saturated rings. The van der Waals surface area contributed by atoms with Gasteiger partial charge in [-0.05, 0) is 121 Å². The molecule has 0 unspecified atom stereocenters. The van der Waals surface area contributed by atoms with E-state index in [9.17, 15) is 0 Å². The van der Waals surface area contributed by atoms with Crippen molar-refractivity contribution in [2.24, 2.45) is 0 Å². The van der Waals surface area contributed by atoms with Crippen LogP contribution in [0, 0.1) is 0 Å². The molecule has 12 rings (SSSR count). The van der Waals surface area contributed by atoms with E-state index in [2.05, 4.69) is 206 Å². The molecule has 3 aromatic heterocycles. The predicted octanol–water partition coefficient (Wildman–Crippen LogP) is 14.8. The molecule has 0 bridgehead atoms. The number of hydrogen-bond acceptors (Lipinski definition) is 2. The van der Waals surface area contributed by atoms with Crippen molar-refractivity contribution in [2.75, 3.05) is 0 Å². The maximum Gasteiger partial charge on any atom is 0.235 e. The van der Waals surface area contributed by atoms with E-state index >= 15 is 0 Å². The van der Waals surface area contributed by atoms with E-state index in [0.29, 0.717) is 5.95 Å². The molecular weight excluding hydrogens is 729 g/mol. The fourth-order valence-electron chi connectivity index (χ4n) is 9.58. The van der Waals surface area contributed by atoms with Crippen LogP contribution in [0.1, 0.15) is 26.3 Å². The first kappa shape index (κ1) is 34.5. The molecule has 0 amide bonds. The van der Waals surface area contributed by atoms with Crippen LogP contribution in [0.3, 0.4) is 0 Å². The predicted molar refractivity (Wildman–Crippen MR) is 253 cm³/mol. The third-order valence-electron chi connectivity index (χ3n) is 12.5. The van der Waals surface area contributed by atoms with Gasteiger partial charge in [0.05, 0.1) is 27.8 Å². The molecule has 0 saturated carbocycles. The summed E-state index contributed by atoms with van der Waals surface area (Å²) in [6, 6.07) is 66.3. The molecule has 4 heteroatoms. The normalized spacial score (nSPS) is 12.2. The Morgan fingerprint density at radius 3 is 1.52 bits per heavy atom. The summed E-state index contributed by atoms with van der Waals surface area (Å²) in [6.07, 6.45) is 1.90. The number of hydrogen-bond donors (Lipinski definition) is 0. The molecule has 0 saturated heterocycles. The second kappa shape index (κ2) is 13.0. The largest absolute Gasteiger partial charge is 0.309 e. The smallest absolute Gasteiger partial charge is 0.235 e. The summed E-state index contributed by atoms with van der Waals surface area (Å²) in [5.74, 6) is 0.655. The van der Waals surface area contributed by atoms with E-state index in [0.717, 1.165) is 28.0 Å². The lowest BCUT2D eigenvalue weighted by Gasteiger charge is -2.19. The Morgan fingerprint density at radius 1 is 0.367 bits per heavy atom. The summed E-state index contributed by atoms with van der Waals surface area (Å²) in [5, 5.41) is 12.4. The molecule has 284 valence electrons. The van der Waals surface area contributed by atoms with Gasteiger partial charge in [0, 0.05) is 39.0 Å². The zero-order valence-electron chi connectivity index (χ0n) is 33.7. The Hall–Kier alpha value is -7.56. The van der Waals surface area contributed by atoms with E-state index in [1.165, 1.54) is 81.6 Å². The van der Waals surface area contributed by atoms with Crippen LogP contribution in [-0.2, 0) is 5.41 Å². The minimum atomic E-state index is -0.0137. The molecule has 0 spiro atoms. The molecule has 12 aromatic rings. The molecule has 3 heterocycles. The SMILES string of the molecule is CC(C)(C)c1ccc2c(c1)c1cc(-c3ccc4c(c3)c3ccccc3n4-c3ccccc3)ccc1n2-c1nccc(-c2ccc3c4ccccc4c4ccccc4c3c2)n1. The van der Waals surface area contributed by atoms with Crippen molar-refractivity contribution in [3.63, 3.8) is 0 Å². The van der Waals surface area contributed by atoms with Gasteiger partial charge in [0.1, 0.15) is 0 Å². The van der Waals surface area contributed by atoms with Gasteiger partial charge >= 0.3 is 0 Å². The fourth-order valence-corrected chi connectivity index (χ4v) is 9.58. The molecular formula is C56H40N4. The van der Waals surface area contributed by atoms with Crippen LogP contribution < -0.4 is 0 Å². The topological polar surface area (TPSA) is 35.6 Å². The summed E-state index contributed by atoms with van der Waals surface area (Å²) in [7, 11) is 0. The summed E-state index contributed by atoms with van der Waals surface area (Å²) in [6.45, 7) is 6.84. The lowest BCUT2D eigenvalue weighted by molar-refractivity contribution is 0.591. The third kappa shape index (κ3) is 5.24. The van der Waals surface area contributed by atoms with E-state index in [4.69, 9.17) is 9.97 Å². The Balaban J connectivity index is 1.03. The van der Waals surface area contributed by atoms with Crippen molar-refractivity contribution in [2.45, 2.75) is 26.2 Å². The maximum atomic E-state index is 5.33. The number of fused-ring (bicyclic) bond motifs is 12. The molecule has 0 N–H and O–H groups in total.